The molecule has 1 aromatic heterocycles. The molecule has 15 heavy (non-hydrogen) atoms. The van der Waals surface area contributed by atoms with Crippen LogP contribution in [-0.2, 0) is 10.2 Å². The van der Waals surface area contributed by atoms with E-state index in [1.54, 1.807) is 0 Å². The van der Waals surface area contributed by atoms with Crippen LogP contribution in [0.25, 0.3) is 0 Å². The van der Waals surface area contributed by atoms with Gasteiger partial charge in [0.25, 0.3) is 5.69 Å². The molecule has 1 heterocycles. The normalized spacial score (nSPS) is 17.1. The van der Waals surface area contributed by atoms with E-state index in [0.29, 0.717) is 12.8 Å². The maximum Gasteiger partial charge on any atom is 0.291 e. The Morgan fingerprint density at radius 2 is 2.27 bits per heavy atom. The van der Waals surface area contributed by atoms with Gasteiger partial charge in [-0.2, -0.15) is 0 Å². The van der Waals surface area contributed by atoms with Gasteiger partial charge in [-0.1, -0.05) is 0 Å². The van der Waals surface area contributed by atoms with Gasteiger partial charge in [0.15, 0.2) is 0 Å². The molecule has 5 nitrogen and oxygen atoms in total. The van der Waals surface area contributed by atoms with E-state index in [1.807, 2.05) is 0 Å². The van der Waals surface area contributed by atoms with Crippen LogP contribution in [0.3, 0.4) is 0 Å². The molecule has 78 valence electrons. The number of carbonyl (C=O) groups excluding carboxylic acids is 1. The summed E-state index contributed by atoms with van der Waals surface area (Å²) in [4.78, 5) is 25.3. The molecule has 0 N–H and O–H groups in total. The van der Waals surface area contributed by atoms with E-state index in [0.717, 1.165) is 0 Å². The van der Waals surface area contributed by atoms with E-state index in [4.69, 9.17) is 11.6 Å². The zero-order valence-corrected chi connectivity index (χ0v) is 8.40. The quantitative estimate of drug-likeness (QED) is 0.447. The van der Waals surface area contributed by atoms with Crippen LogP contribution < -0.4 is 0 Å². The highest BCUT2D eigenvalue weighted by Crippen LogP contribution is 2.51. The average Bonchev–Trinajstić information content (AvgIpc) is 2.98. The first-order chi connectivity index (χ1) is 7.08. The van der Waals surface area contributed by atoms with Crippen molar-refractivity contribution in [2.24, 2.45) is 0 Å². The maximum atomic E-state index is 11.2. The minimum absolute atomic E-state index is 0.135. The molecule has 6 heteroatoms. The maximum absolute atomic E-state index is 11.2. The lowest BCUT2D eigenvalue weighted by atomic mass is 10.0. The zero-order chi connectivity index (χ0) is 11.1. The number of nitrogens with zero attached hydrogens (tertiary/aromatic N) is 2. The van der Waals surface area contributed by atoms with Crippen LogP contribution >= 0.6 is 11.6 Å². The highest BCUT2D eigenvalue weighted by atomic mass is 35.5. The first kappa shape index (κ1) is 10.0. The van der Waals surface area contributed by atoms with E-state index in [9.17, 15) is 14.9 Å². The standard InChI is InChI=1S/C9H7ClN2O3/c10-8(13)9(3-4-9)7-6(12(14)15)2-1-5-11-7/h1-2,5H,3-4H2. The van der Waals surface area contributed by atoms with Gasteiger partial charge in [0.05, 0.1) is 10.3 Å². The lowest BCUT2D eigenvalue weighted by molar-refractivity contribution is -0.386. The van der Waals surface area contributed by atoms with E-state index in [-0.39, 0.29) is 11.4 Å². The third-order valence-corrected chi connectivity index (χ3v) is 2.92. The Balaban J connectivity index is 2.53. The number of carbonyl (C=O) groups is 1. The molecule has 0 atom stereocenters. The molecule has 1 aliphatic rings. The van der Waals surface area contributed by atoms with E-state index in [1.165, 1.54) is 18.3 Å². The number of halogens is 1. The Hall–Kier alpha value is -1.49. The summed E-state index contributed by atoms with van der Waals surface area (Å²) in [5.74, 6) is 0. The van der Waals surface area contributed by atoms with Gasteiger partial charge in [-0.15, -0.1) is 0 Å². The average molecular weight is 227 g/mol. The van der Waals surface area contributed by atoms with Gasteiger partial charge in [0.1, 0.15) is 5.69 Å². The van der Waals surface area contributed by atoms with Crippen molar-refractivity contribution in [2.75, 3.05) is 0 Å². The third-order valence-electron chi connectivity index (χ3n) is 2.56. The summed E-state index contributed by atoms with van der Waals surface area (Å²) in [5.41, 5.74) is -0.857. The summed E-state index contributed by atoms with van der Waals surface area (Å²) in [6, 6.07) is 2.80. The molecule has 1 saturated carbocycles. The number of aromatic nitrogens is 1. The van der Waals surface area contributed by atoms with Crippen molar-refractivity contribution in [1.82, 2.24) is 4.98 Å². The highest BCUT2D eigenvalue weighted by Gasteiger charge is 2.55. The van der Waals surface area contributed by atoms with Gasteiger partial charge in [0.2, 0.25) is 5.24 Å². The molecule has 1 aromatic rings. The van der Waals surface area contributed by atoms with Crippen LogP contribution in [0, 0.1) is 10.1 Å². The number of nitro groups is 1. The lowest BCUT2D eigenvalue weighted by Gasteiger charge is -2.08. The second-order valence-corrected chi connectivity index (χ2v) is 3.83. The fourth-order valence-electron chi connectivity index (χ4n) is 1.56. The summed E-state index contributed by atoms with van der Waals surface area (Å²) in [5, 5.41) is 10.2. The minimum Gasteiger partial charge on any atom is -0.280 e. The Kier molecular flexibility index (Phi) is 2.19. The van der Waals surface area contributed by atoms with Gasteiger partial charge in [-0.3, -0.25) is 19.9 Å². The molecular formula is C9H7ClN2O3. The highest BCUT2D eigenvalue weighted by molar-refractivity contribution is 6.66. The largest absolute Gasteiger partial charge is 0.291 e. The third kappa shape index (κ3) is 1.48. The summed E-state index contributed by atoms with van der Waals surface area (Å²) < 4.78 is 0. The van der Waals surface area contributed by atoms with E-state index < -0.39 is 15.6 Å². The molecule has 0 bridgehead atoms. The van der Waals surface area contributed by atoms with Crippen LogP contribution in [-0.4, -0.2) is 15.1 Å². The summed E-state index contributed by atoms with van der Waals surface area (Å²) >= 11 is 5.44. The number of hydrogen-bond acceptors (Lipinski definition) is 4. The van der Waals surface area contributed by atoms with Gasteiger partial charge >= 0.3 is 0 Å². The first-order valence-electron chi connectivity index (χ1n) is 4.38. The molecule has 2 rings (SSSR count). The summed E-state index contributed by atoms with van der Waals surface area (Å²) in [6.45, 7) is 0. The van der Waals surface area contributed by atoms with Crippen molar-refractivity contribution < 1.29 is 9.72 Å². The van der Waals surface area contributed by atoms with Crippen molar-refractivity contribution in [3.8, 4) is 0 Å². The lowest BCUT2D eigenvalue weighted by Crippen LogP contribution is -2.18. The van der Waals surface area contributed by atoms with Gasteiger partial charge in [-0.05, 0) is 30.5 Å². The molecule has 0 amide bonds. The summed E-state index contributed by atoms with van der Waals surface area (Å²) in [7, 11) is 0. The van der Waals surface area contributed by atoms with Gasteiger partial charge in [-0.25, -0.2) is 0 Å². The topological polar surface area (TPSA) is 73.1 Å². The van der Waals surface area contributed by atoms with Crippen molar-refractivity contribution >= 4 is 22.5 Å². The molecule has 0 radical (unpaired) electrons. The van der Waals surface area contributed by atoms with Crippen LogP contribution in [0.4, 0.5) is 5.69 Å². The van der Waals surface area contributed by atoms with Crippen molar-refractivity contribution in [2.45, 2.75) is 18.3 Å². The molecule has 0 aromatic carbocycles. The minimum atomic E-state index is -0.911. The number of pyridine rings is 1. The van der Waals surface area contributed by atoms with Crippen molar-refractivity contribution in [3.05, 3.63) is 34.1 Å². The fourth-order valence-corrected chi connectivity index (χ4v) is 1.84. The number of hydrogen-bond donors (Lipinski definition) is 0. The summed E-state index contributed by atoms with van der Waals surface area (Å²) in [6.07, 6.45) is 2.50. The van der Waals surface area contributed by atoms with Crippen molar-refractivity contribution in [3.63, 3.8) is 0 Å². The Morgan fingerprint density at radius 3 is 2.73 bits per heavy atom. The smallest absolute Gasteiger partial charge is 0.280 e. The van der Waals surface area contributed by atoms with E-state index in [2.05, 4.69) is 4.98 Å². The van der Waals surface area contributed by atoms with Crippen LogP contribution in [0.1, 0.15) is 18.5 Å². The molecule has 0 unspecified atom stereocenters. The molecule has 0 saturated heterocycles. The predicted octanol–water partition coefficient (Wildman–Crippen LogP) is 1.79. The molecule has 0 aliphatic heterocycles. The molecule has 1 aliphatic carbocycles. The fraction of sp³-hybridized carbons (Fsp3) is 0.333. The second kappa shape index (κ2) is 3.27. The van der Waals surface area contributed by atoms with Crippen molar-refractivity contribution in [1.29, 1.82) is 0 Å². The first-order valence-corrected chi connectivity index (χ1v) is 4.75. The zero-order valence-electron chi connectivity index (χ0n) is 7.64. The Labute approximate surface area is 90.2 Å². The SMILES string of the molecule is O=C(Cl)C1(c2ncccc2[N+](=O)[O-])CC1. The van der Waals surface area contributed by atoms with Gasteiger partial charge in [0, 0.05) is 12.3 Å². The van der Waals surface area contributed by atoms with Crippen LogP contribution in [0.2, 0.25) is 0 Å². The monoisotopic (exact) mass is 226 g/mol. The second-order valence-electron chi connectivity index (χ2n) is 3.48. The Morgan fingerprint density at radius 1 is 1.60 bits per heavy atom. The predicted molar refractivity (Wildman–Crippen MR) is 52.7 cm³/mol. The molecule has 0 spiro atoms. The van der Waals surface area contributed by atoms with Crippen LogP contribution in [0.5, 0.6) is 0 Å². The van der Waals surface area contributed by atoms with Gasteiger partial charge < -0.3 is 0 Å². The Bertz CT molecular complexity index is 443. The number of rotatable bonds is 3. The molecule has 1 fully saturated rings. The van der Waals surface area contributed by atoms with Crippen LogP contribution in [0.15, 0.2) is 18.3 Å². The van der Waals surface area contributed by atoms with E-state index >= 15 is 0 Å². The molecular weight excluding hydrogens is 220 g/mol.